The molecule has 0 aliphatic carbocycles. The number of hydrogen-bond donors (Lipinski definition) is 2. The lowest BCUT2D eigenvalue weighted by Gasteiger charge is -2.13. The first-order valence-corrected chi connectivity index (χ1v) is 20.2. The van der Waals surface area contributed by atoms with E-state index in [9.17, 15) is 0 Å². The number of anilines is 2. The van der Waals surface area contributed by atoms with Gasteiger partial charge in [0.1, 0.15) is 80.5 Å². The number of benzene rings is 9. The van der Waals surface area contributed by atoms with Crippen LogP contribution < -0.4 is 49.4 Å². The first-order valence-electron chi connectivity index (χ1n) is 20.2. The Morgan fingerprint density at radius 2 is 0.391 bits per heavy atom. The first-order chi connectivity index (χ1) is 31.4. The maximum atomic E-state index is 6.23. The smallest absolute Gasteiger partial charge is 0.169 e. The van der Waals surface area contributed by atoms with Crippen LogP contribution in [0.15, 0.2) is 218 Å². The van der Waals surface area contributed by atoms with Gasteiger partial charge in [-0.2, -0.15) is 0 Å². The van der Waals surface area contributed by atoms with E-state index >= 15 is 0 Å². The molecule has 0 bridgehead atoms. The van der Waals surface area contributed by atoms with Crippen LogP contribution >= 0.6 is 0 Å². The van der Waals surface area contributed by atoms with Crippen molar-refractivity contribution in [1.29, 1.82) is 0 Å². The molecule has 0 unspecified atom stereocenters. The van der Waals surface area contributed by atoms with Gasteiger partial charge in [0.25, 0.3) is 0 Å². The van der Waals surface area contributed by atoms with Gasteiger partial charge in [0, 0.05) is 23.5 Å². The average molecular weight is 845 g/mol. The van der Waals surface area contributed by atoms with Gasteiger partial charge in [-0.1, -0.05) is 24.3 Å². The van der Waals surface area contributed by atoms with E-state index in [2.05, 4.69) is 0 Å². The lowest BCUT2D eigenvalue weighted by molar-refractivity contribution is 0.416. The van der Waals surface area contributed by atoms with Gasteiger partial charge in [0.2, 0.25) is 0 Å². The third-order valence-corrected chi connectivity index (χ3v) is 9.38. The first kappa shape index (κ1) is 40.4. The second kappa shape index (κ2) is 19.1. The van der Waals surface area contributed by atoms with Gasteiger partial charge in [-0.05, 0) is 182 Å². The van der Waals surface area contributed by atoms with Crippen LogP contribution in [0.2, 0.25) is 0 Å². The molecule has 0 heterocycles. The maximum absolute atomic E-state index is 6.23. The second-order valence-corrected chi connectivity index (χ2v) is 14.2. The summed E-state index contributed by atoms with van der Waals surface area (Å²) in [6.07, 6.45) is 0. The van der Waals surface area contributed by atoms with Crippen molar-refractivity contribution in [3.63, 3.8) is 0 Å². The topological polar surface area (TPSA) is 126 Å². The molecular formula is C54H40N2O8. The van der Waals surface area contributed by atoms with Crippen LogP contribution in [0, 0.1) is 0 Å². The fourth-order valence-corrected chi connectivity index (χ4v) is 6.30. The fraction of sp³-hybridized carbons (Fsp3) is 0. The number of para-hydroxylation sites is 2. The molecule has 0 aromatic heterocycles. The zero-order valence-corrected chi connectivity index (χ0v) is 34.2. The average Bonchev–Trinajstić information content (AvgIpc) is 3.31. The molecule has 0 aliphatic heterocycles. The summed E-state index contributed by atoms with van der Waals surface area (Å²) in [4.78, 5) is 0. The molecule has 0 saturated heterocycles. The molecule has 10 nitrogen and oxygen atoms in total. The minimum atomic E-state index is 0.556. The van der Waals surface area contributed by atoms with Crippen LogP contribution in [0.4, 0.5) is 11.4 Å². The molecule has 0 saturated carbocycles. The molecule has 9 aromatic carbocycles. The normalized spacial score (nSPS) is 10.6. The van der Waals surface area contributed by atoms with Crippen LogP contribution in [-0.2, 0) is 0 Å². The fourth-order valence-electron chi connectivity index (χ4n) is 6.30. The number of nitrogens with two attached hydrogens (primary N) is 2. The van der Waals surface area contributed by atoms with Crippen molar-refractivity contribution in [3.05, 3.63) is 218 Å². The van der Waals surface area contributed by atoms with Crippen molar-refractivity contribution in [1.82, 2.24) is 0 Å². The van der Waals surface area contributed by atoms with Crippen LogP contribution in [0.5, 0.6) is 92.0 Å². The van der Waals surface area contributed by atoms with Gasteiger partial charge in [-0.25, -0.2) is 0 Å². The van der Waals surface area contributed by atoms with Gasteiger partial charge in [-0.3, -0.25) is 0 Å². The standard InChI is InChI=1S/C54H40N2O8/c55-37-5-3-7-51(35-37)61-47-23-19-43(20-24-47)57-39-11-15-41(16-12-39)59-45-27-31-49(32-28-45)63-53-9-1-2-10-54(53)64-50-33-29-46(30-34-50)60-42-17-13-40(14-18-42)58-44-21-25-48(26-22-44)62-52-8-4-6-38(56)36-52/h1-36H,55-56H2. The minimum Gasteiger partial charge on any atom is -0.457 e. The van der Waals surface area contributed by atoms with Crippen molar-refractivity contribution in [2.75, 3.05) is 11.5 Å². The molecule has 0 spiro atoms. The summed E-state index contributed by atoms with van der Waals surface area (Å²) in [5.74, 6) is 10.3. The van der Waals surface area contributed by atoms with Crippen LogP contribution in [0.3, 0.4) is 0 Å². The lowest BCUT2D eigenvalue weighted by atomic mass is 10.3. The molecule has 9 aromatic rings. The molecule has 0 amide bonds. The Morgan fingerprint density at radius 1 is 0.188 bits per heavy atom. The predicted molar refractivity (Wildman–Crippen MR) is 247 cm³/mol. The summed E-state index contributed by atoms with van der Waals surface area (Å²) in [5.41, 5.74) is 13.0. The van der Waals surface area contributed by atoms with Gasteiger partial charge in [0.05, 0.1) is 0 Å². The number of nitrogen functional groups attached to an aromatic ring is 2. The minimum absolute atomic E-state index is 0.556. The third-order valence-electron chi connectivity index (χ3n) is 9.38. The highest BCUT2D eigenvalue weighted by Crippen LogP contribution is 2.37. The van der Waals surface area contributed by atoms with E-state index < -0.39 is 0 Å². The highest BCUT2D eigenvalue weighted by Gasteiger charge is 2.10. The molecule has 0 fully saturated rings. The molecule has 9 rings (SSSR count). The Morgan fingerprint density at radius 3 is 0.609 bits per heavy atom. The molecule has 64 heavy (non-hydrogen) atoms. The van der Waals surface area contributed by atoms with E-state index in [1.807, 2.05) is 206 Å². The van der Waals surface area contributed by atoms with Crippen molar-refractivity contribution in [2.45, 2.75) is 0 Å². The summed E-state index contributed by atoms with van der Waals surface area (Å²) in [5, 5.41) is 0. The number of ether oxygens (including phenoxy) is 8. The van der Waals surface area contributed by atoms with Crippen molar-refractivity contribution < 1.29 is 37.9 Å². The molecule has 314 valence electrons. The van der Waals surface area contributed by atoms with Crippen LogP contribution in [-0.4, -0.2) is 0 Å². The van der Waals surface area contributed by atoms with Gasteiger partial charge < -0.3 is 49.4 Å². The zero-order valence-electron chi connectivity index (χ0n) is 34.2. The molecular weight excluding hydrogens is 805 g/mol. The Kier molecular flexibility index (Phi) is 12.1. The van der Waals surface area contributed by atoms with Gasteiger partial charge >= 0.3 is 0 Å². The Balaban J connectivity index is 0.737. The maximum Gasteiger partial charge on any atom is 0.169 e. The lowest BCUT2D eigenvalue weighted by Crippen LogP contribution is -1.91. The SMILES string of the molecule is Nc1cccc(Oc2ccc(Oc3ccc(Oc4ccc(Oc5ccccc5Oc5ccc(Oc6ccc(Oc7ccc(Oc8cccc(N)c8)cc7)cc6)cc5)cc4)cc3)cc2)c1. The van der Waals surface area contributed by atoms with Gasteiger partial charge in [0.15, 0.2) is 11.5 Å². The van der Waals surface area contributed by atoms with E-state index in [-0.39, 0.29) is 0 Å². The zero-order chi connectivity index (χ0) is 43.5. The summed E-state index contributed by atoms with van der Waals surface area (Å²) in [6.45, 7) is 0. The Bertz CT molecular complexity index is 2720. The van der Waals surface area contributed by atoms with Crippen LogP contribution in [0.25, 0.3) is 0 Å². The summed E-state index contributed by atoms with van der Waals surface area (Å²) in [6, 6.07) is 66.3. The summed E-state index contributed by atoms with van der Waals surface area (Å²) < 4.78 is 48.4. The highest BCUT2D eigenvalue weighted by atomic mass is 16.5. The summed E-state index contributed by atoms with van der Waals surface area (Å²) >= 11 is 0. The quantitative estimate of drug-likeness (QED) is 0.0908. The van der Waals surface area contributed by atoms with E-state index in [1.54, 1.807) is 12.1 Å². The third kappa shape index (κ3) is 11.0. The van der Waals surface area contributed by atoms with Crippen molar-refractivity contribution in [3.8, 4) is 92.0 Å². The van der Waals surface area contributed by atoms with E-state index in [1.165, 1.54) is 0 Å². The second-order valence-electron chi connectivity index (χ2n) is 14.2. The monoisotopic (exact) mass is 844 g/mol. The molecule has 0 atom stereocenters. The highest BCUT2D eigenvalue weighted by molar-refractivity contribution is 5.50. The summed E-state index contributed by atoms with van der Waals surface area (Å²) in [7, 11) is 0. The molecule has 0 radical (unpaired) electrons. The number of rotatable bonds is 16. The van der Waals surface area contributed by atoms with Crippen molar-refractivity contribution >= 4 is 11.4 Å². The molecule has 10 heteroatoms. The van der Waals surface area contributed by atoms with E-state index in [0.29, 0.717) is 103 Å². The molecule has 0 aliphatic rings. The van der Waals surface area contributed by atoms with E-state index in [0.717, 1.165) is 0 Å². The largest absolute Gasteiger partial charge is 0.457 e. The van der Waals surface area contributed by atoms with Crippen molar-refractivity contribution in [2.24, 2.45) is 0 Å². The van der Waals surface area contributed by atoms with E-state index in [4.69, 9.17) is 49.4 Å². The Labute approximate surface area is 369 Å². The molecule has 4 N–H and O–H groups in total. The predicted octanol–water partition coefficient (Wildman–Crippen LogP) is 15.2. The van der Waals surface area contributed by atoms with Crippen LogP contribution in [0.1, 0.15) is 0 Å². The number of hydrogen-bond acceptors (Lipinski definition) is 10. The Hall–Kier alpha value is -9.02. The van der Waals surface area contributed by atoms with Gasteiger partial charge in [-0.15, -0.1) is 0 Å².